The lowest BCUT2D eigenvalue weighted by Gasteiger charge is -2.33. The first-order valence-corrected chi connectivity index (χ1v) is 10.7. The number of carbonyl (C=O) groups excluding carboxylic acids is 2. The van der Waals surface area contributed by atoms with Crippen molar-refractivity contribution in [3.05, 3.63) is 69.7 Å². The Hall–Kier alpha value is -2.12. The van der Waals surface area contributed by atoms with E-state index >= 15 is 0 Å². The minimum Gasteiger partial charge on any atom is -0.368 e. The van der Waals surface area contributed by atoms with Gasteiger partial charge in [-0.2, -0.15) is 0 Å². The molecule has 6 nitrogen and oxygen atoms in total. The summed E-state index contributed by atoms with van der Waals surface area (Å²) in [4.78, 5) is 22.8. The van der Waals surface area contributed by atoms with Crippen LogP contribution in [0.4, 0.5) is 0 Å². The summed E-state index contributed by atoms with van der Waals surface area (Å²) in [6.45, 7) is 0. The zero-order valence-corrected chi connectivity index (χ0v) is 18.0. The third-order valence-corrected chi connectivity index (χ3v) is 6.00. The Morgan fingerprint density at radius 2 is 1.50 bits per heavy atom. The SMILES string of the molecule is NC(=O)C(N)c1ccc(Cl)cc1.O=C1NC2(CCCCC2)NC1c1ccc(Cl)cc1. The Labute approximate surface area is 186 Å². The van der Waals surface area contributed by atoms with E-state index in [9.17, 15) is 9.59 Å². The molecule has 6 N–H and O–H groups in total. The molecule has 2 amide bonds. The summed E-state index contributed by atoms with van der Waals surface area (Å²) in [7, 11) is 0. The summed E-state index contributed by atoms with van der Waals surface area (Å²) in [6.07, 6.45) is 5.69. The fourth-order valence-electron chi connectivity index (χ4n) is 3.83. The Bertz CT molecular complexity index is 881. The lowest BCUT2D eigenvalue weighted by Crippen LogP contribution is -2.51. The molecule has 1 aliphatic heterocycles. The van der Waals surface area contributed by atoms with Crippen LogP contribution < -0.4 is 22.1 Å². The molecule has 1 saturated carbocycles. The summed E-state index contributed by atoms with van der Waals surface area (Å²) in [6, 6.07) is 13.2. The average molecular weight is 449 g/mol. The van der Waals surface area contributed by atoms with E-state index in [0.717, 1.165) is 18.4 Å². The molecule has 30 heavy (non-hydrogen) atoms. The molecule has 1 aliphatic carbocycles. The van der Waals surface area contributed by atoms with Gasteiger partial charge in [0.05, 0.1) is 5.66 Å². The number of rotatable bonds is 3. The number of primary amides is 1. The average Bonchev–Trinajstić information content (AvgIpc) is 3.05. The van der Waals surface area contributed by atoms with Crippen molar-refractivity contribution in [2.24, 2.45) is 11.5 Å². The van der Waals surface area contributed by atoms with Crippen LogP contribution in [0, 0.1) is 0 Å². The van der Waals surface area contributed by atoms with E-state index in [1.807, 2.05) is 24.3 Å². The first-order chi connectivity index (χ1) is 14.3. The van der Waals surface area contributed by atoms with E-state index in [-0.39, 0.29) is 17.6 Å². The molecule has 2 fully saturated rings. The highest BCUT2D eigenvalue weighted by Crippen LogP contribution is 2.33. The molecule has 0 radical (unpaired) electrons. The van der Waals surface area contributed by atoms with E-state index in [1.54, 1.807) is 24.3 Å². The minimum atomic E-state index is -0.748. The normalized spacial score (nSPS) is 20.8. The first kappa shape index (κ1) is 22.6. The molecule has 0 aromatic heterocycles. The molecule has 2 atom stereocenters. The largest absolute Gasteiger partial charge is 0.368 e. The van der Waals surface area contributed by atoms with E-state index in [4.69, 9.17) is 34.7 Å². The Balaban J connectivity index is 0.000000187. The van der Waals surface area contributed by atoms with Gasteiger partial charge in [0, 0.05) is 10.0 Å². The molecule has 2 aliphatic rings. The summed E-state index contributed by atoms with van der Waals surface area (Å²) < 4.78 is 0. The van der Waals surface area contributed by atoms with Crippen molar-refractivity contribution in [2.75, 3.05) is 0 Å². The first-order valence-electron chi connectivity index (χ1n) is 9.95. The smallest absolute Gasteiger partial charge is 0.243 e. The van der Waals surface area contributed by atoms with Gasteiger partial charge in [-0.1, -0.05) is 53.9 Å². The Kier molecular flexibility index (Phi) is 7.36. The second-order valence-electron chi connectivity index (χ2n) is 7.69. The maximum atomic E-state index is 12.1. The summed E-state index contributed by atoms with van der Waals surface area (Å²) in [5, 5.41) is 7.94. The van der Waals surface area contributed by atoms with Gasteiger partial charge >= 0.3 is 0 Å². The van der Waals surface area contributed by atoms with Crippen molar-refractivity contribution in [2.45, 2.75) is 49.9 Å². The number of hydrogen-bond donors (Lipinski definition) is 4. The highest BCUT2D eigenvalue weighted by atomic mass is 35.5. The molecule has 1 saturated heterocycles. The van der Waals surface area contributed by atoms with Crippen LogP contribution in [-0.4, -0.2) is 17.5 Å². The van der Waals surface area contributed by atoms with Crippen molar-refractivity contribution in [3.63, 3.8) is 0 Å². The third-order valence-electron chi connectivity index (χ3n) is 5.49. The van der Waals surface area contributed by atoms with Crippen LogP contribution in [0.25, 0.3) is 0 Å². The van der Waals surface area contributed by atoms with Crippen LogP contribution in [0.1, 0.15) is 55.3 Å². The van der Waals surface area contributed by atoms with Gasteiger partial charge in [0.1, 0.15) is 12.1 Å². The summed E-state index contributed by atoms with van der Waals surface area (Å²) >= 11 is 11.5. The number of amides is 2. The van der Waals surface area contributed by atoms with Gasteiger partial charge in [-0.25, -0.2) is 0 Å². The fourth-order valence-corrected chi connectivity index (χ4v) is 4.09. The van der Waals surface area contributed by atoms with Crippen LogP contribution in [0.3, 0.4) is 0 Å². The van der Waals surface area contributed by atoms with Crippen LogP contribution in [0.2, 0.25) is 10.0 Å². The van der Waals surface area contributed by atoms with E-state index in [2.05, 4.69) is 10.6 Å². The number of nitrogens with one attached hydrogen (secondary N) is 2. The number of benzene rings is 2. The van der Waals surface area contributed by atoms with Gasteiger partial charge in [0.15, 0.2) is 0 Å². The maximum absolute atomic E-state index is 12.1. The third kappa shape index (κ3) is 5.52. The highest BCUT2D eigenvalue weighted by Gasteiger charge is 2.44. The molecular weight excluding hydrogens is 423 g/mol. The molecule has 4 rings (SSSR count). The van der Waals surface area contributed by atoms with Gasteiger partial charge in [0.25, 0.3) is 0 Å². The standard InChI is InChI=1S/C14H17ClN2O.C8H9ClN2O/c15-11-6-4-10(5-7-11)12-13(18)17-14(16-12)8-2-1-3-9-14;9-6-3-1-5(2-4-6)7(10)8(11)12/h4-7,12,16H,1-3,8-9H2,(H,17,18);1-4,7H,10H2,(H2,11,12). The quantitative estimate of drug-likeness (QED) is 0.574. The zero-order valence-electron chi connectivity index (χ0n) is 16.5. The molecule has 1 spiro atoms. The van der Waals surface area contributed by atoms with Crippen molar-refractivity contribution in [1.82, 2.24) is 10.6 Å². The number of nitrogens with two attached hydrogens (primary N) is 2. The second kappa shape index (κ2) is 9.79. The molecule has 1 heterocycles. The Morgan fingerprint density at radius 3 is 2.03 bits per heavy atom. The van der Waals surface area contributed by atoms with Gasteiger partial charge in [-0.05, 0) is 61.1 Å². The van der Waals surface area contributed by atoms with Gasteiger partial charge in [0.2, 0.25) is 11.8 Å². The number of hydrogen-bond acceptors (Lipinski definition) is 4. The second-order valence-corrected chi connectivity index (χ2v) is 8.57. The molecule has 2 aromatic rings. The van der Waals surface area contributed by atoms with Crippen LogP contribution in [0.5, 0.6) is 0 Å². The zero-order chi connectivity index (χ0) is 21.7. The highest BCUT2D eigenvalue weighted by molar-refractivity contribution is 6.30. The van der Waals surface area contributed by atoms with Crippen molar-refractivity contribution < 1.29 is 9.59 Å². The Morgan fingerprint density at radius 1 is 0.967 bits per heavy atom. The van der Waals surface area contributed by atoms with Gasteiger partial charge in [-0.15, -0.1) is 0 Å². The van der Waals surface area contributed by atoms with Crippen LogP contribution in [-0.2, 0) is 9.59 Å². The van der Waals surface area contributed by atoms with Crippen molar-refractivity contribution >= 4 is 35.0 Å². The molecule has 0 bridgehead atoms. The number of halogens is 2. The molecule has 160 valence electrons. The fraction of sp³-hybridized carbons (Fsp3) is 0.364. The summed E-state index contributed by atoms with van der Waals surface area (Å²) in [5.74, 6) is -0.462. The lowest BCUT2D eigenvalue weighted by molar-refractivity contribution is -0.121. The molecule has 2 unspecified atom stereocenters. The van der Waals surface area contributed by atoms with Gasteiger partial charge < -0.3 is 16.8 Å². The maximum Gasteiger partial charge on any atom is 0.243 e. The lowest BCUT2D eigenvalue weighted by atomic mass is 9.89. The van der Waals surface area contributed by atoms with Crippen LogP contribution >= 0.6 is 23.2 Å². The predicted octanol–water partition coefficient (Wildman–Crippen LogP) is 3.59. The van der Waals surface area contributed by atoms with Gasteiger partial charge in [-0.3, -0.25) is 14.9 Å². The predicted molar refractivity (Wildman–Crippen MR) is 119 cm³/mol. The summed E-state index contributed by atoms with van der Waals surface area (Å²) in [5.41, 5.74) is 12.0. The van der Waals surface area contributed by atoms with Crippen molar-refractivity contribution in [1.29, 1.82) is 0 Å². The monoisotopic (exact) mass is 448 g/mol. The molecule has 2 aromatic carbocycles. The van der Waals surface area contributed by atoms with Crippen molar-refractivity contribution in [3.8, 4) is 0 Å². The topological polar surface area (TPSA) is 110 Å². The van der Waals surface area contributed by atoms with E-state index in [1.165, 1.54) is 19.3 Å². The number of carbonyl (C=O) groups is 2. The van der Waals surface area contributed by atoms with Crippen LogP contribution in [0.15, 0.2) is 48.5 Å². The minimum absolute atomic E-state index is 0.0826. The van der Waals surface area contributed by atoms with E-state index < -0.39 is 11.9 Å². The van der Waals surface area contributed by atoms with E-state index in [0.29, 0.717) is 15.6 Å². The molecular formula is C22H26Cl2N4O2. The molecule has 8 heteroatoms.